The lowest BCUT2D eigenvalue weighted by Gasteiger charge is -2.14. The molecule has 2 amide bonds. The third-order valence-corrected chi connectivity index (χ3v) is 1.90. The lowest BCUT2D eigenvalue weighted by atomic mass is 10.1. The van der Waals surface area contributed by atoms with E-state index in [1.54, 1.807) is 6.92 Å². The molecule has 6 heteroatoms. The average Bonchev–Trinajstić information content (AvgIpc) is 2.18. The summed E-state index contributed by atoms with van der Waals surface area (Å²) in [7, 11) is 0. The summed E-state index contributed by atoms with van der Waals surface area (Å²) in [6.07, 6.45) is 0.693. The van der Waals surface area contributed by atoms with Gasteiger partial charge in [0.05, 0.1) is 0 Å². The van der Waals surface area contributed by atoms with E-state index in [9.17, 15) is 9.59 Å². The van der Waals surface area contributed by atoms with Crippen LogP contribution >= 0.6 is 0 Å². The molecule has 0 aromatic rings. The van der Waals surface area contributed by atoms with Crippen molar-refractivity contribution in [1.29, 1.82) is 0 Å². The van der Waals surface area contributed by atoms with Gasteiger partial charge in [-0.15, -0.1) is 0 Å². The molecule has 0 aromatic heterocycles. The second kappa shape index (κ2) is 4.71. The molecule has 4 N–H and O–H groups in total. The summed E-state index contributed by atoms with van der Waals surface area (Å²) in [5, 5.41) is 6.33. The van der Waals surface area contributed by atoms with Crippen LogP contribution in [0.1, 0.15) is 19.8 Å². The van der Waals surface area contributed by atoms with E-state index in [2.05, 4.69) is 15.8 Å². The van der Waals surface area contributed by atoms with Crippen molar-refractivity contribution in [2.24, 2.45) is 10.8 Å². The van der Waals surface area contributed by atoms with Gasteiger partial charge in [0.15, 0.2) is 0 Å². The number of carbonyl (C=O) groups is 2. The molecule has 6 nitrogen and oxygen atoms in total. The van der Waals surface area contributed by atoms with Gasteiger partial charge < -0.3 is 11.1 Å². The van der Waals surface area contributed by atoms with Gasteiger partial charge in [0.25, 0.3) is 5.91 Å². The van der Waals surface area contributed by atoms with Crippen LogP contribution in [0.5, 0.6) is 0 Å². The molecule has 14 heavy (non-hydrogen) atoms. The molecule has 0 aromatic carbocycles. The largest absolute Gasteiger partial charge is 0.347 e. The van der Waals surface area contributed by atoms with E-state index in [1.165, 1.54) is 0 Å². The van der Waals surface area contributed by atoms with Gasteiger partial charge in [0.2, 0.25) is 5.91 Å². The highest BCUT2D eigenvalue weighted by Gasteiger charge is 2.18. The molecule has 1 atom stereocenters. The van der Waals surface area contributed by atoms with E-state index in [0.717, 1.165) is 0 Å². The monoisotopic (exact) mass is 198 g/mol. The highest BCUT2D eigenvalue weighted by Crippen LogP contribution is 1.99. The van der Waals surface area contributed by atoms with Crippen LogP contribution in [0.25, 0.3) is 0 Å². The quantitative estimate of drug-likeness (QED) is 0.526. The molecule has 1 rings (SSSR count). The minimum Gasteiger partial charge on any atom is -0.347 e. The van der Waals surface area contributed by atoms with Gasteiger partial charge in [0.1, 0.15) is 5.71 Å². The van der Waals surface area contributed by atoms with Gasteiger partial charge >= 0.3 is 0 Å². The van der Waals surface area contributed by atoms with Gasteiger partial charge in [-0.25, -0.2) is 5.43 Å². The fourth-order valence-corrected chi connectivity index (χ4v) is 1.00. The number of hydrazone groups is 1. The summed E-state index contributed by atoms with van der Waals surface area (Å²) in [5.41, 5.74) is 7.96. The third-order valence-electron chi connectivity index (χ3n) is 1.90. The van der Waals surface area contributed by atoms with E-state index in [4.69, 9.17) is 5.73 Å². The summed E-state index contributed by atoms with van der Waals surface area (Å²) < 4.78 is 0. The first-order chi connectivity index (χ1) is 6.63. The van der Waals surface area contributed by atoms with E-state index >= 15 is 0 Å². The standard InChI is InChI=1S/C8H14N4O2/c1-5(4-9)10-8(14)6-2-3-7(13)12-11-6/h5H,2-4,9H2,1H3,(H,10,14)(H,12,13)/t5-/m1/s1. The van der Waals surface area contributed by atoms with Crippen molar-refractivity contribution in [3.63, 3.8) is 0 Å². The highest BCUT2D eigenvalue weighted by molar-refractivity contribution is 6.39. The molecule has 1 heterocycles. The molecular weight excluding hydrogens is 184 g/mol. The third kappa shape index (κ3) is 2.81. The van der Waals surface area contributed by atoms with Crippen LogP contribution in [-0.2, 0) is 9.59 Å². The molecular formula is C8H14N4O2. The van der Waals surface area contributed by atoms with E-state index in [-0.39, 0.29) is 17.9 Å². The Kier molecular flexibility index (Phi) is 3.58. The van der Waals surface area contributed by atoms with E-state index in [0.29, 0.717) is 25.1 Å². The first-order valence-electron chi connectivity index (χ1n) is 4.50. The number of nitrogens with zero attached hydrogens (tertiary/aromatic N) is 1. The predicted molar refractivity (Wildman–Crippen MR) is 51.5 cm³/mol. The maximum atomic E-state index is 11.4. The fraction of sp³-hybridized carbons (Fsp3) is 0.625. The normalized spacial score (nSPS) is 18.1. The van der Waals surface area contributed by atoms with E-state index in [1.807, 2.05) is 0 Å². The van der Waals surface area contributed by atoms with Crippen molar-refractivity contribution < 1.29 is 9.59 Å². The second-order valence-corrected chi connectivity index (χ2v) is 3.20. The average molecular weight is 198 g/mol. The molecule has 78 valence electrons. The second-order valence-electron chi connectivity index (χ2n) is 3.20. The van der Waals surface area contributed by atoms with Crippen LogP contribution in [0.3, 0.4) is 0 Å². The Hall–Kier alpha value is -1.43. The number of nitrogens with one attached hydrogen (secondary N) is 2. The molecule has 0 spiro atoms. The number of hydrogen-bond acceptors (Lipinski definition) is 4. The predicted octanol–water partition coefficient (Wildman–Crippen LogP) is -1.28. The van der Waals surface area contributed by atoms with Crippen LogP contribution < -0.4 is 16.5 Å². The molecule has 0 aliphatic carbocycles. The Morgan fingerprint density at radius 3 is 2.93 bits per heavy atom. The summed E-state index contributed by atoms with van der Waals surface area (Å²) in [5.74, 6) is -0.420. The number of nitrogens with two attached hydrogens (primary N) is 1. The van der Waals surface area contributed by atoms with Gasteiger partial charge in [-0.05, 0) is 6.92 Å². The Bertz CT molecular complexity index is 275. The number of amides is 2. The van der Waals surface area contributed by atoms with Crippen molar-refractivity contribution in [2.45, 2.75) is 25.8 Å². The number of hydrogen-bond donors (Lipinski definition) is 3. The number of carbonyl (C=O) groups excluding carboxylic acids is 2. The molecule has 1 aliphatic rings. The topological polar surface area (TPSA) is 96.6 Å². The fourth-order valence-electron chi connectivity index (χ4n) is 1.00. The molecule has 0 fully saturated rings. The van der Waals surface area contributed by atoms with Crippen molar-refractivity contribution in [2.75, 3.05) is 6.54 Å². The summed E-state index contributed by atoms with van der Waals surface area (Å²) >= 11 is 0. The lowest BCUT2D eigenvalue weighted by Crippen LogP contribution is -2.43. The zero-order valence-electron chi connectivity index (χ0n) is 8.04. The van der Waals surface area contributed by atoms with Crippen LogP contribution in [0.2, 0.25) is 0 Å². The van der Waals surface area contributed by atoms with Gasteiger partial charge in [-0.3, -0.25) is 9.59 Å². The van der Waals surface area contributed by atoms with Crippen LogP contribution in [0, 0.1) is 0 Å². The SMILES string of the molecule is C[C@H](CN)NC(=O)C1=NNC(=O)CC1. The van der Waals surface area contributed by atoms with Crippen LogP contribution in [0.15, 0.2) is 5.10 Å². The Balaban J connectivity index is 2.49. The minimum atomic E-state index is -0.261. The first kappa shape index (κ1) is 10.6. The van der Waals surface area contributed by atoms with Crippen molar-refractivity contribution in [3.05, 3.63) is 0 Å². The summed E-state index contributed by atoms with van der Waals surface area (Å²) in [6.45, 7) is 2.19. The highest BCUT2D eigenvalue weighted by atomic mass is 16.2. The van der Waals surface area contributed by atoms with Crippen molar-refractivity contribution >= 4 is 17.5 Å². The maximum absolute atomic E-state index is 11.4. The van der Waals surface area contributed by atoms with E-state index < -0.39 is 0 Å². The minimum absolute atomic E-state index is 0.0807. The van der Waals surface area contributed by atoms with Crippen LogP contribution in [-0.4, -0.2) is 30.1 Å². The summed E-state index contributed by atoms with van der Waals surface area (Å²) in [4.78, 5) is 22.2. The van der Waals surface area contributed by atoms with Crippen molar-refractivity contribution in [3.8, 4) is 0 Å². The van der Waals surface area contributed by atoms with Gasteiger partial charge in [0, 0.05) is 25.4 Å². The smallest absolute Gasteiger partial charge is 0.267 e. The molecule has 0 bridgehead atoms. The van der Waals surface area contributed by atoms with Crippen LogP contribution in [0.4, 0.5) is 0 Å². The summed E-state index contributed by atoms with van der Waals surface area (Å²) in [6, 6.07) is -0.0807. The first-order valence-corrected chi connectivity index (χ1v) is 4.50. The van der Waals surface area contributed by atoms with Crippen molar-refractivity contribution in [1.82, 2.24) is 10.7 Å². The Labute approximate surface area is 81.9 Å². The maximum Gasteiger partial charge on any atom is 0.267 e. The Morgan fingerprint density at radius 2 is 2.43 bits per heavy atom. The molecule has 0 radical (unpaired) electrons. The Morgan fingerprint density at radius 1 is 1.71 bits per heavy atom. The molecule has 0 saturated carbocycles. The zero-order valence-corrected chi connectivity index (χ0v) is 8.04. The van der Waals surface area contributed by atoms with Gasteiger partial charge in [-0.1, -0.05) is 0 Å². The number of rotatable bonds is 3. The van der Waals surface area contributed by atoms with Gasteiger partial charge in [-0.2, -0.15) is 5.10 Å². The molecule has 0 unspecified atom stereocenters. The molecule has 0 saturated heterocycles. The zero-order chi connectivity index (χ0) is 10.6. The molecule has 1 aliphatic heterocycles. The lowest BCUT2D eigenvalue weighted by molar-refractivity contribution is -0.121.